The van der Waals surface area contributed by atoms with Crippen molar-refractivity contribution >= 4 is 28.3 Å². The van der Waals surface area contributed by atoms with E-state index in [4.69, 9.17) is 9.15 Å². The third-order valence-corrected chi connectivity index (χ3v) is 5.50. The number of hydrogen-bond donors (Lipinski definition) is 1. The summed E-state index contributed by atoms with van der Waals surface area (Å²) in [6, 6.07) is 16.9. The Kier molecular flexibility index (Phi) is 5.91. The van der Waals surface area contributed by atoms with Gasteiger partial charge in [-0.25, -0.2) is 9.67 Å². The van der Waals surface area contributed by atoms with E-state index in [0.29, 0.717) is 22.9 Å². The van der Waals surface area contributed by atoms with Crippen molar-refractivity contribution in [1.82, 2.24) is 14.8 Å². The van der Waals surface area contributed by atoms with E-state index in [1.807, 2.05) is 44.2 Å². The number of anilines is 1. The molecule has 0 aliphatic carbocycles. The fraction of sp³-hybridized carbons (Fsp3) is 0.115. The summed E-state index contributed by atoms with van der Waals surface area (Å²) in [7, 11) is 0. The molecule has 5 aromatic rings. The Morgan fingerprint density at radius 3 is 2.72 bits per heavy atom. The van der Waals surface area contributed by atoms with E-state index in [1.165, 1.54) is 22.9 Å². The lowest BCUT2D eigenvalue weighted by molar-refractivity contribution is -0.384. The molecule has 5 rings (SSSR count). The van der Waals surface area contributed by atoms with Crippen molar-refractivity contribution in [2.24, 2.45) is 0 Å². The highest BCUT2D eigenvalue weighted by molar-refractivity contribution is 5.95. The van der Waals surface area contributed by atoms with Crippen LogP contribution in [0.25, 0.3) is 22.4 Å². The fourth-order valence-electron chi connectivity index (χ4n) is 4.00. The van der Waals surface area contributed by atoms with E-state index in [0.717, 1.165) is 16.5 Å². The number of rotatable bonds is 7. The normalized spacial score (nSPS) is 10.9. The van der Waals surface area contributed by atoms with Crippen molar-refractivity contribution in [2.45, 2.75) is 20.4 Å². The van der Waals surface area contributed by atoms with E-state index in [1.54, 1.807) is 24.6 Å². The second kappa shape index (κ2) is 9.34. The van der Waals surface area contributed by atoms with Gasteiger partial charge in [0.1, 0.15) is 23.8 Å². The molecule has 180 valence electrons. The summed E-state index contributed by atoms with van der Waals surface area (Å²) in [6.45, 7) is 3.61. The van der Waals surface area contributed by atoms with Crippen LogP contribution in [0.5, 0.6) is 11.5 Å². The summed E-state index contributed by atoms with van der Waals surface area (Å²) in [4.78, 5) is 28.3. The zero-order valence-electron chi connectivity index (χ0n) is 19.5. The SMILES string of the molecule is Cc1cccc(Oc2cc(NC(=O)Cn3nc(C)c4c(-c5ccco5)ccnc43)cc([N+](=O)[O-])c2)c1. The molecule has 2 aromatic carbocycles. The van der Waals surface area contributed by atoms with Crippen LogP contribution in [-0.4, -0.2) is 25.6 Å². The maximum Gasteiger partial charge on any atom is 0.275 e. The second-order valence-corrected chi connectivity index (χ2v) is 8.22. The standard InChI is InChI=1S/C26H21N5O5/c1-16-5-3-6-20(11-16)36-21-13-18(12-19(14-21)31(33)34)28-24(32)15-30-26-25(17(2)29-30)22(8-9-27-26)23-7-4-10-35-23/h3-14H,15H2,1-2H3,(H,28,32). The first-order chi connectivity index (χ1) is 17.4. The molecule has 1 N–H and O–H groups in total. The number of carbonyl (C=O) groups is 1. The molecule has 10 heteroatoms. The molecule has 0 saturated heterocycles. The van der Waals surface area contributed by atoms with Crippen LogP contribution in [0.2, 0.25) is 0 Å². The van der Waals surface area contributed by atoms with Crippen LogP contribution in [0, 0.1) is 24.0 Å². The molecule has 0 radical (unpaired) electrons. The van der Waals surface area contributed by atoms with Crippen molar-refractivity contribution < 1.29 is 18.9 Å². The molecule has 0 spiro atoms. The van der Waals surface area contributed by atoms with Crippen LogP contribution in [0.1, 0.15) is 11.3 Å². The van der Waals surface area contributed by atoms with Gasteiger partial charge in [-0.3, -0.25) is 14.9 Å². The summed E-state index contributed by atoms with van der Waals surface area (Å²) in [5.41, 5.74) is 3.05. The summed E-state index contributed by atoms with van der Waals surface area (Å²) < 4.78 is 12.8. The average Bonchev–Trinajstić information content (AvgIpc) is 3.48. The van der Waals surface area contributed by atoms with E-state index in [2.05, 4.69) is 15.4 Å². The van der Waals surface area contributed by atoms with Gasteiger partial charge in [0.25, 0.3) is 5.69 Å². The zero-order valence-corrected chi connectivity index (χ0v) is 19.5. The van der Waals surface area contributed by atoms with Crippen LogP contribution in [0.15, 0.2) is 77.5 Å². The van der Waals surface area contributed by atoms with Crippen LogP contribution < -0.4 is 10.1 Å². The number of nitrogens with one attached hydrogen (secondary N) is 1. The van der Waals surface area contributed by atoms with Gasteiger partial charge in [0.05, 0.1) is 34.0 Å². The lowest BCUT2D eigenvalue weighted by Gasteiger charge is -2.10. The van der Waals surface area contributed by atoms with Gasteiger partial charge in [0.2, 0.25) is 5.91 Å². The molecule has 10 nitrogen and oxygen atoms in total. The summed E-state index contributed by atoms with van der Waals surface area (Å²) in [5, 5.41) is 19.5. The number of benzene rings is 2. The number of nitro benzene ring substituents is 1. The number of nitro groups is 1. The number of furan rings is 1. The summed E-state index contributed by atoms with van der Waals surface area (Å²) >= 11 is 0. The summed E-state index contributed by atoms with van der Waals surface area (Å²) in [6.07, 6.45) is 3.22. The number of non-ortho nitro benzene ring substituents is 1. The van der Waals surface area contributed by atoms with E-state index < -0.39 is 10.8 Å². The van der Waals surface area contributed by atoms with Crippen molar-refractivity contribution in [3.63, 3.8) is 0 Å². The van der Waals surface area contributed by atoms with Crippen LogP contribution in [0.3, 0.4) is 0 Å². The molecule has 0 aliphatic rings. The topological polar surface area (TPSA) is 125 Å². The average molecular weight is 483 g/mol. The molecule has 3 aromatic heterocycles. The van der Waals surface area contributed by atoms with Gasteiger partial charge in [-0.05, 0) is 49.7 Å². The molecule has 0 aliphatic heterocycles. The largest absolute Gasteiger partial charge is 0.464 e. The number of carbonyl (C=O) groups excluding carboxylic acids is 1. The molecule has 0 unspecified atom stereocenters. The fourth-order valence-corrected chi connectivity index (χ4v) is 4.00. The number of hydrogen-bond acceptors (Lipinski definition) is 7. The minimum absolute atomic E-state index is 0.143. The van der Waals surface area contributed by atoms with Crippen LogP contribution in [0.4, 0.5) is 11.4 Å². The lowest BCUT2D eigenvalue weighted by atomic mass is 10.1. The molecular formula is C26H21N5O5. The maximum atomic E-state index is 12.9. The quantitative estimate of drug-likeness (QED) is 0.234. The van der Waals surface area contributed by atoms with Gasteiger partial charge in [-0.2, -0.15) is 5.10 Å². The maximum absolute atomic E-state index is 12.9. The molecule has 3 heterocycles. The zero-order chi connectivity index (χ0) is 25.2. The van der Waals surface area contributed by atoms with E-state index >= 15 is 0 Å². The van der Waals surface area contributed by atoms with E-state index in [-0.39, 0.29) is 23.7 Å². The first kappa shape index (κ1) is 22.8. The Morgan fingerprint density at radius 2 is 1.97 bits per heavy atom. The minimum atomic E-state index is -0.538. The Hall–Kier alpha value is -4.99. The number of nitrogens with zero attached hydrogens (tertiary/aromatic N) is 4. The van der Waals surface area contributed by atoms with Crippen LogP contribution in [-0.2, 0) is 11.3 Å². The van der Waals surface area contributed by atoms with Crippen molar-refractivity contribution in [3.8, 4) is 22.8 Å². The molecule has 0 bridgehead atoms. The summed E-state index contributed by atoms with van der Waals surface area (Å²) in [5.74, 6) is 1.01. The first-order valence-electron chi connectivity index (χ1n) is 11.1. The molecule has 0 fully saturated rings. The van der Waals surface area contributed by atoms with Gasteiger partial charge in [0.15, 0.2) is 5.65 Å². The monoisotopic (exact) mass is 483 g/mol. The van der Waals surface area contributed by atoms with Crippen molar-refractivity contribution in [3.05, 3.63) is 94.5 Å². The van der Waals surface area contributed by atoms with Gasteiger partial charge < -0.3 is 14.5 Å². The minimum Gasteiger partial charge on any atom is -0.464 e. The molecular weight excluding hydrogens is 462 g/mol. The van der Waals surface area contributed by atoms with Crippen molar-refractivity contribution in [1.29, 1.82) is 0 Å². The molecule has 0 atom stereocenters. The Morgan fingerprint density at radius 1 is 1.11 bits per heavy atom. The molecule has 36 heavy (non-hydrogen) atoms. The Labute approximate surface area is 205 Å². The smallest absolute Gasteiger partial charge is 0.275 e. The molecule has 0 saturated carbocycles. The van der Waals surface area contributed by atoms with Gasteiger partial charge in [-0.1, -0.05) is 12.1 Å². The van der Waals surface area contributed by atoms with E-state index in [9.17, 15) is 14.9 Å². The Bertz CT molecular complexity index is 1590. The lowest BCUT2D eigenvalue weighted by Crippen LogP contribution is -2.20. The number of fused-ring (bicyclic) bond motifs is 1. The highest BCUT2D eigenvalue weighted by Crippen LogP contribution is 2.31. The number of aromatic nitrogens is 3. The first-order valence-corrected chi connectivity index (χ1v) is 11.1. The van der Waals surface area contributed by atoms with Crippen molar-refractivity contribution in [2.75, 3.05) is 5.32 Å². The molecule has 1 amide bonds. The highest BCUT2D eigenvalue weighted by Gasteiger charge is 2.18. The number of pyridine rings is 1. The highest BCUT2D eigenvalue weighted by atomic mass is 16.6. The third kappa shape index (κ3) is 4.64. The number of ether oxygens (including phenoxy) is 1. The van der Waals surface area contributed by atoms with Crippen LogP contribution >= 0.6 is 0 Å². The number of aryl methyl sites for hydroxylation is 2. The predicted octanol–water partition coefficient (Wildman–Crippen LogP) is 5.65. The predicted molar refractivity (Wildman–Crippen MR) is 133 cm³/mol. The van der Waals surface area contributed by atoms with Gasteiger partial charge in [-0.15, -0.1) is 0 Å². The number of amides is 1. The third-order valence-electron chi connectivity index (χ3n) is 5.50. The van der Waals surface area contributed by atoms with Gasteiger partial charge in [0, 0.05) is 23.9 Å². The Balaban J connectivity index is 1.40. The van der Waals surface area contributed by atoms with Gasteiger partial charge >= 0.3 is 0 Å². The second-order valence-electron chi connectivity index (χ2n) is 8.22.